The van der Waals surface area contributed by atoms with Crippen molar-refractivity contribution >= 4 is 33.4 Å². The second-order valence-electron chi connectivity index (χ2n) is 6.56. The lowest BCUT2D eigenvalue weighted by Gasteiger charge is -2.21. The highest BCUT2D eigenvalue weighted by molar-refractivity contribution is 7.92. The van der Waals surface area contributed by atoms with E-state index in [2.05, 4.69) is 5.32 Å². The number of nitrogens with zero attached hydrogens (tertiary/aromatic N) is 1. The number of anilines is 2. The lowest BCUT2D eigenvalue weighted by molar-refractivity contribution is -0.111. The largest absolute Gasteiger partial charge is 0.321 e. The summed E-state index contributed by atoms with van der Waals surface area (Å²) in [5, 5.41) is 2.81. The van der Waals surface area contributed by atoms with Gasteiger partial charge < -0.3 is 5.32 Å². The standard InChI is InChI=1S/C23H22N2O3S/c1-25(29(2,27)28)22-15-14-20(19-11-7-4-8-12-19)17-21(22)24-23(26)16-13-18-9-5-3-6-10-18/h3-17H,1-2H3,(H,24,26)/b16-13+. The van der Waals surface area contributed by atoms with Crippen molar-refractivity contribution in [2.75, 3.05) is 22.9 Å². The first kappa shape index (κ1) is 20.4. The van der Waals surface area contributed by atoms with Crippen LogP contribution in [0.1, 0.15) is 5.56 Å². The zero-order valence-corrected chi connectivity index (χ0v) is 17.1. The Morgan fingerprint density at radius 3 is 2.14 bits per heavy atom. The molecular formula is C23H22N2O3S. The number of hydrogen-bond donors (Lipinski definition) is 1. The van der Waals surface area contributed by atoms with Crippen LogP contribution in [0.2, 0.25) is 0 Å². The van der Waals surface area contributed by atoms with E-state index in [1.807, 2.05) is 66.7 Å². The fourth-order valence-electron chi connectivity index (χ4n) is 2.81. The van der Waals surface area contributed by atoms with Gasteiger partial charge in [0.1, 0.15) is 0 Å². The van der Waals surface area contributed by atoms with Gasteiger partial charge in [0.25, 0.3) is 0 Å². The molecule has 0 spiro atoms. The summed E-state index contributed by atoms with van der Waals surface area (Å²) in [7, 11) is -2.02. The Kier molecular flexibility index (Phi) is 6.14. The van der Waals surface area contributed by atoms with E-state index in [1.54, 1.807) is 18.2 Å². The molecule has 0 fully saturated rings. The number of sulfonamides is 1. The van der Waals surface area contributed by atoms with E-state index in [-0.39, 0.29) is 5.91 Å². The third kappa shape index (κ3) is 5.33. The monoisotopic (exact) mass is 406 g/mol. The van der Waals surface area contributed by atoms with E-state index >= 15 is 0 Å². The van der Waals surface area contributed by atoms with Gasteiger partial charge in [-0.05, 0) is 34.9 Å². The molecule has 0 bridgehead atoms. The number of carbonyl (C=O) groups excluding carboxylic acids is 1. The molecule has 148 valence electrons. The van der Waals surface area contributed by atoms with Crippen molar-refractivity contribution < 1.29 is 13.2 Å². The minimum Gasteiger partial charge on any atom is -0.321 e. The summed E-state index contributed by atoms with van der Waals surface area (Å²) in [6.07, 6.45) is 4.25. The molecule has 0 aliphatic heterocycles. The van der Waals surface area contributed by atoms with Crippen molar-refractivity contribution in [2.45, 2.75) is 0 Å². The number of benzene rings is 3. The summed E-state index contributed by atoms with van der Waals surface area (Å²) in [5.41, 5.74) is 3.56. The van der Waals surface area contributed by atoms with Crippen LogP contribution in [-0.2, 0) is 14.8 Å². The van der Waals surface area contributed by atoms with Crippen molar-refractivity contribution in [1.29, 1.82) is 0 Å². The number of nitrogens with one attached hydrogen (secondary N) is 1. The van der Waals surface area contributed by atoms with Gasteiger partial charge >= 0.3 is 0 Å². The summed E-state index contributed by atoms with van der Waals surface area (Å²) in [4.78, 5) is 12.5. The first-order chi connectivity index (χ1) is 13.8. The molecule has 0 unspecified atom stereocenters. The normalized spacial score (nSPS) is 11.4. The van der Waals surface area contributed by atoms with Crippen LogP contribution in [0.5, 0.6) is 0 Å². The number of rotatable bonds is 6. The molecule has 3 aromatic rings. The minimum absolute atomic E-state index is 0.345. The van der Waals surface area contributed by atoms with E-state index in [0.717, 1.165) is 27.3 Å². The van der Waals surface area contributed by atoms with E-state index in [0.29, 0.717) is 11.4 Å². The zero-order valence-electron chi connectivity index (χ0n) is 16.2. The molecule has 1 amide bonds. The molecular weight excluding hydrogens is 384 g/mol. The van der Waals surface area contributed by atoms with E-state index < -0.39 is 10.0 Å². The SMILES string of the molecule is CN(c1ccc(-c2ccccc2)cc1NC(=O)/C=C/c1ccccc1)S(C)(=O)=O. The lowest BCUT2D eigenvalue weighted by Crippen LogP contribution is -2.26. The van der Waals surface area contributed by atoms with Gasteiger partial charge in [-0.2, -0.15) is 0 Å². The molecule has 0 aromatic heterocycles. The minimum atomic E-state index is -3.48. The highest BCUT2D eigenvalue weighted by Crippen LogP contribution is 2.32. The van der Waals surface area contributed by atoms with E-state index in [9.17, 15) is 13.2 Å². The fourth-order valence-corrected chi connectivity index (χ4v) is 3.33. The van der Waals surface area contributed by atoms with Crippen LogP contribution in [-0.4, -0.2) is 27.6 Å². The maximum absolute atomic E-state index is 12.5. The van der Waals surface area contributed by atoms with Gasteiger partial charge in [-0.1, -0.05) is 66.7 Å². The first-order valence-corrected chi connectivity index (χ1v) is 10.9. The Hall–Kier alpha value is -3.38. The Bertz CT molecular complexity index is 1130. The molecule has 0 saturated carbocycles. The topological polar surface area (TPSA) is 66.5 Å². The average molecular weight is 407 g/mol. The predicted molar refractivity (Wildman–Crippen MR) is 119 cm³/mol. The second kappa shape index (κ2) is 8.75. The van der Waals surface area contributed by atoms with Crippen LogP contribution >= 0.6 is 0 Å². The lowest BCUT2D eigenvalue weighted by atomic mass is 10.0. The Morgan fingerprint density at radius 1 is 0.897 bits per heavy atom. The number of hydrogen-bond acceptors (Lipinski definition) is 3. The number of amides is 1. The number of carbonyl (C=O) groups is 1. The highest BCUT2D eigenvalue weighted by atomic mass is 32.2. The van der Waals surface area contributed by atoms with Crippen LogP contribution in [0.25, 0.3) is 17.2 Å². The molecule has 1 N–H and O–H groups in total. The third-order valence-corrected chi connectivity index (χ3v) is 5.62. The Balaban J connectivity index is 1.94. The van der Waals surface area contributed by atoms with Crippen LogP contribution in [0, 0.1) is 0 Å². The molecule has 3 rings (SSSR count). The fraction of sp³-hybridized carbons (Fsp3) is 0.0870. The molecule has 0 heterocycles. The van der Waals surface area contributed by atoms with Gasteiger partial charge in [0, 0.05) is 13.1 Å². The molecule has 0 radical (unpaired) electrons. The Labute approximate surface area is 171 Å². The Morgan fingerprint density at radius 2 is 1.52 bits per heavy atom. The summed E-state index contributed by atoms with van der Waals surface area (Å²) in [6.45, 7) is 0. The molecule has 0 saturated heterocycles. The molecule has 0 aliphatic rings. The maximum Gasteiger partial charge on any atom is 0.248 e. The van der Waals surface area contributed by atoms with Crippen LogP contribution < -0.4 is 9.62 Å². The van der Waals surface area contributed by atoms with Crippen LogP contribution in [0.15, 0.2) is 84.9 Å². The summed E-state index contributed by atoms with van der Waals surface area (Å²) < 4.78 is 25.2. The van der Waals surface area contributed by atoms with Gasteiger partial charge in [-0.25, -0.2) is 8.42 Å². The van der Waals surface area contributed by atoms with Crippen molar-refractivity contribution in [3.8, 4) is 11.1 Å². The summed E-state index contributed by atoms with van der Waals surface area (Å²) >= 11 is 0. The molecule has 5 nitrogen and oxygen atoms in total. The van der Waals surface area contributed by atoms with E-state index in [1.165, 1.54) is 13.1 Å². The van der Waals surface area contributed by atoms with Crippen molar-refractivity contribution in [3.63, 3.8) is 0 Å². The van der Waals surface area contributed by atoms with Crippen LogP contribution in [0.3, 0.4) is 0 Å². The first-order valence-electron chi connectivity index (χ1n) is 9.02. The molecule has 0 atom stereocenters. The van der Waals surface area contributed by atoms with Crippen molar-refractivity contribution in [2.24, 2.45) is 0 Å². The molecule has 0 aliphatic carbocycles. The molecule has 6 heteroatoms. The van der Waals surface area contributed by atoms with Crippen LogP contribution in [0.4, 0.5) is 11.4 Å². The molecule has 29 heavy (non-hydrogen) atoms. The molecule has 3 aromatic carbocycles. The summed E-state index contributed by atoms with van der Waals surface area (Å²) in [6, 6.07) is 24.5. The van der Waals surface area contributed by atoms with Crippen molar-refractivity contribution in [3.05, 3.63) is 90.5 Å². The smallest absolute Gasteiger partial charge is 0.248 e. The highest BCUT2D eigenvalue weighted by Gasteiger charge is 2.17. The third-order valence-electron chi connectivity index (χ3n) is 4.42. The second-order valence-corrected chi connectivity index (χ2v) is 8.58. The van der Waals surface area contributed by atoms with Gasteiger partial charge in [0.15, 0.2) is 0 Å². The van der Waals surface area contributed by atoms with Gasteiger partial charge in [-0.3, -0.25) is 9.10 Å². The van der Waals surface area contributed by atoms with Gasteiger partial charge in [-0.15, -0.1) is 0 Å². The quantitative estimate of drug-likeness (QED) is 0.617. The van der Waals surface area contributed by atoms with E-state index in [4.69, 9.17) is 0 Å². The average Bonchev–Trinajstić information content (AvgIpc) is 2.72. The van der Waals surface area contributed by atoms with Crippen molar-refractivity contribution in [1.82, 2.24) is 0 Å². The maximum atomic E-state index is 12.5. The summed E-state index contributed by atoms with van der Waals surface area (Å²) in [5.74, 6) is -0.345. The van der Waals surface area contributed by atoms with Gasteiger partial charge in [0.2, 0.25) is 15.9 Å². The predicted octanol–water partition coefficient (Wildman–Crippen LogP) is 4.40. The zero-order chi connectivity index (χ0) is 20.9. The van der Waals surface area contributed by atoms with Gasteiger partial charge in [0.05, 0.1) is 17.6 Å².